The predicted molar refractivity (Wildman–Crippen MR) is 88.9 cm³/mol. The van der Waals surface area contributed by atoms with Gasteiger partial charge in [-0.25, -0.2) is 0 Å². The van der Waals surface area contributed by atoms with E-state index >= 15 is 0 Å². The molecule has 0 aliphatic carbocycles. The molecule has 3 heteroatoms. The van der Waals surface area contributed by atoms with Gasteiger partial charge in [0.25, 0.3) is 0 Å². The fraction of sp³-hybridized carbons (Fsp3) is 0.647. The third kappa shape index (κ3) is 6.47. The van der Waals surface area contributed by atoms with Gasteiger partial charge < -0.3 is 4.74 Å². The van der Waals surface area contributed by atoms with Crippen LogP contribution in [0, 0.1) is 11.3 Å². The Morgan fingerprint density at radius 1 is 1.05 bits per heavy atom. The number of benzene rings is 1. The van der Waals surface area contributed by atoms with Gasteiger partial charge in [0.2, 0.25) is 0 Å². The molecule has 0 fully saturated rings. The molecule has 0 amide bonds. The first-order chi connectivity index (χ1) is 9.62. The Kier molecular flexibility index (Phi) is 8.60. The Morgan fingerprint density at radius 3 is 2.25 bits per heavy atom. The predicted octanol–water partition coefficient (Wildman–Crippen LogP) is 5.15. The van der Waals surface area contributed by atoms with E-state index in [9.17, 15) is 0 Å². The molecule has 0 spiro atoms. The first-order valence-corrected chi connectivity index (χ1v) is 8.42. The smallest absolute Gasteiger partial charge is 0.0472 e. The molecule has 20 heavy (non-hydrogen) atoms. The second-order valence-corrected chi connectivity index (χ2v) is 6.51. The first kappa shape index (κ1) is 17.8. The van der Waals surface area contributed by atoms with Crippen molar-refractivity contribution in [3.8, 4) is 0 Å². The SMILES string of the molecule is CC(C)CCOCCC(CCl)(CCl)Cc1ccccc1. The van der Waals surface area contributed by atoms with Gasteiger partial charge in [-0.2, -0.15) is 0 Å². The van der Waals surface area contributed by atoms with Gasteiger partial charge in [-0.1, -0.05) is 44.2 Å². The van der Waals surface area contributed by atoms with Crippen molar-refractivity contribution in [2.24, 2.45) is 11.3 Å². The Labute approximate surface area is 133 Å². The zero-order valence-corrected chi connectivity index (χ0v) is 14.1. The van der Waals surface area contributed by atoms with E-state index in [4.69, 9.17) is 27.9 Å². The van der Waals surface area contributed by atoms with Gasteiger partial charge in [0, 0.05) is 30.4 Å². The average molecular weight is 317 g/mol. The molecule has 0 unspecified atom stereocenters. The van der Waals surface area contributed by atoms with E-state index < -0.39 is 0 Å². The van der Waals surface area contributed by atoms with E-state index in [2.05, 4.69) is 38.1 Å². The average Bonchev–Trinajstić information content (AvgIpc) is 2.46. The summed E-state index contributed by atoms with van der Waals surface area (Å²) >= 11 is 12.4. The molecule has 114 valence electrons. The Morgan fingerprint density at radius 2 is 1.70 bits per heavy atom. The number of rotatable bonds is 10. The fourth-order valence-electron chi connectivity index (χ4n) is 2.09. The molecule has 0 bridgehead atoms. The molecule has 0 aromatic heterocycles. The van der Waals surface area contributed by atoms with Crippen LogP contribution < -0.4 is 0 Å². The third-order valence-corrected chi connectivity index (χ3v) is 4.74. The molecule has 1 nitrogen and oxygen atoms in total. The standard InChI is InChI=1S/C17H26Cl2O/c1-15(2)8-10-20-11-9-17(13-18,14-19)12-16-6-4-3-5-7-16/h3-7,15H,8-14H2,1-2H3. The molecule has 1 rings (SSSR count). The van der Waals surface area contributed by atoms with E-state index in [1.807, 2.05) is 6.07 Å². The molecular formula is C17H26Cl2O. The van der Waals surface area contributed by atoms with Crippen LogP contribution >= 0.6 is 23.2 Å². The number of hydrogen-bond donors (Lipinski definition) is 0. The maximum Gasteiger partial charge on any atom is 0.0472 e. The van der Waals surface area contributed by atoms with Crippen LogP contribution in [0.15, 0.2) is 30.3 Å². The van der Waals surface area contributed by atoms with Crippen molar-refractivity contribution < 1.29 is 4.74 Å². The van der Waals surface area contributed by atoms with E-state index in [0.29, 0.717) is 17.7 Å². The van der Waals surface area contributed by atoms with Gasteiger partial charge in [-0.3, -0.25) is 0 Å². The summed E-state index contributed by atoms with van der Waals surface area (Å²) in [6.45, 7) is 5.98. The minimum Gasteiger partial charge on any atom is -0.381 e. The van der Waals surface area contributed by atoms with Crippen molar-refractivity contribution in [2.45, 2.75) is 33.1 Å². The lowest BCUT2D eigenvalue weighted by atomic mass is 9.82. The summed E-state index contributed by atoms with van der Waals surface area (Å²) in [5.41, 5.74) is 1.22. The van der Waals surface area contributed by atoms with Crippen molar-refractivity contribution >= 4 is 23.2 Å². The Hall–Kier alpha value is -0.240. The maximum atomic E-state index is 6.20. The van der Waals surface area contributed by atoms with Gasteiger partial charge in [-0.15, -0.1) is 23.2 Å². The summed E-state index contributed by atoms with van der Waals surface area (Å²) in [7, 11) is 0. The highest BCUT2D eigenvalue weighted by atomic mass is 35.5. The molecule has 0 atom stereocenters. The number of hydrogen-bond acceptors (Lipinski definition) is 1. The van der Waals surface area contributed by atoms with Crippen LogP contribution in [0.4, 0.5) is 0 Å². The van der Waals surface area contributed by atoms with Crippen LogP contribution in [-0.2, 0) is 11.2 Å². The van der Waals surface area contributed by atoms with E-state index in [1.165, 1.54) is 5.56 Å². The summed E-state index contributed by atoms with van der Waals surface area (Å²) in [6, 6.07) is 10.4. The molecule has 0 heterocycles. The minimum atomic E-state index is -0.0672. The summed E-state index contributed by atoms with van der Waals surface area (Å²) in [5.74, 6) is 1.82. The van der Waals surface area contributed by atoms with Crippen molar-refractivity contribution in [1.29, 1.82) is 0 Å². The molecule has 1 aromatic rings. The van der Waals surface area contributed by atoms with Crippen LogP contribution in [0.3, 0.4) is 0 Å². The van der Waals surface area contributed by atoms with Crippen molar-refractivity contribution in [1.82, 2.24) is 0 Å². The third-order valence-electron chi connectivity index (χ3n) is 3.61. The van der Waals surface area contributed by atoms with Gasteiger partial charge in [0.1, 0.15) is 0 Å². The van der Waals surface area contributed by atoms with Crippen LogP contribution in [0.25, 0.3) is 0 Å². The van der Waals surface area contributed by atoms with Gasteiger partial charge in [0.05, 0.1) is 0 Å². The number of ether oxygens (including phenoxy) is 1. The van der Waals surface area contributed by atoms with Crippen LogP contribution in [-0.4, -0.2) is 25.0 Å². The Balaban J connectivity index is 2.45. The number of alkyl halides is 2. The van der Waals surface area contributed by atoms with Crippen molar-refractivity contribution in [2.75, 3.05) is 25.0 Å². The zero-order chi connectivity index (χ0) is 14.8. The highest BCUT2D eigenvalue weighted by Crippen LogP contribution is 2.30. The van der Waals surface area contributed by atoms with Gasteiger partial charge >= 0.3 is 0 Å². The summed E-state index contributed by atoms with van der Waals surface area (Å²) in [6.07, 6.45) is 2.93. The van der Waals surface area contributed by atoms with Crippen LogP contribution in [0.1, 0.15) is 32.3 Å². The van der Waals surface area contributed by atoms with Crippen LogP contribution in [0.2, 0.25) is 0 Å². The monoisotopic (exact) mass is 316 g/mol. The Bertz CT molecular complexity index is 347. The lowest BCUT2D eigenvalue weighted by molar-refractivity contribution is 0.0973. The molecule has 0 saturated carbocycles. The molecule has 1 aromatic carbocycles. The molecule has 0 radical (unpaired) electrons. The summed E-state index contributed by atoms with van der Waals surface area (Å²) in [4.78, 5) is 0. The van der Waals surface area contributed by atoms with Gasteiger partial charge in [-0.05, 0) is 30.7 Å². The molecular weight excluding hydrogens is 291 g/mol. The minimum absolute atomic E-state index is 0.0672. The largest absolute Gasteiger partial charge is 0.381 e. The summed E-state index contributed by atoms with van der Waals surface area (Å²) < 4.78 is 5.72. The maximum absolute atomic E-state index is 6.20. The molecule has 0 saturated heterocycles. The van der Waals surface area contributed by atoms with Gasteiger partial charge in [0.15, 0.2) is 0 Å². The topological polar surface area (TPSA) is 9.23 Å². The molecule has 0 N–H and O–H groups in total. The first-order valence-electron chi connectivity index (χ1n) is 7.35. The highest BCUT2D eigenvalue weighted by Gasteiger charge is 2.28. The van der Waals surface area contributed by atoms with E-state index in [1.54, 1.807) is 0 Å². The number of halogens is 2. The van der Waals surface area contributed by atoms with E-state index in [-0.39, 0.29) is 5.41 Å². The lowest BCUT2D eigenvalue weighted by Gasteiger charge is -2.29. The summed E-state index contributed by atoms with van der Waals surface area (Å²) in [5, 5.41) is 0. The molecule has 0 aliphatic heterocycles. The second-order valence-electron chi connectivity index (χ2n) is 5.97. The normalized spacial score (nSPS) is 12.1. The molecule has 0 aliphatic rings. The van der Waals surface area contributed by atoms with Crippen LogP contribution in [0.5, 0.6) is 0 Å². The fourth-order valence-corrected chi connectivity index (χ4v) is 2.83. The van der Waals surface area contributed by atoms with E-state index in [0.717, 1.165) is 32.5 Å². The second kappa shape index (κ2) is 9.65. The van der Waals surface area contributed by atoms with Crippen molar-refractivity contribution in [3.05, 3.63) is 35.9 Å². The quantitative estimate of drug-likeness (QED) is 0.428. The van der Waals surface area contributed by atoms with Crippen molar-refractivity contribution in [3.63, 3.8) is 0 Å². The zero-order valence-electron chi connectivity index (χ0n) is 12.6. The lowest BCUT2D eigenvalue weighted by Crippen LogP contribution is -2.30. The highest BCUT2D eigenvalue weighted by molar-refractivity contribution is 6.21.